The highest BCUT2D eigenvalue weighted by Crippen LogP contribution is 2.18. The van der Waals surface area contributed by atoms with Gasteiger partial charge in [0.25, 0.3) is 0 Å². The van der Waals surface area contributed by atoms with Crippen LogP contribution in [-0.4, -0.2) is 30.5 Å². The summed E-state index contributed by atoms with van der Waals surface area (Å²) in [5, 5.41) is 9.83. The molecule has 9 heteroatoms. The highest BCUT2D eigenvalue weighted by molar-refractivity contribution is 7.09. The van der Waals surface area contributed by atoms with Gasteiger partial charge in [0, 0.05) is 16.9 Å². The number of carbonyl (C=O) groups excluding carboxylic acids is 1. The molecule has 27 heavy (non-hydrogen) atoms. The zero-order valence-corrected chi connectivity index (χ0v) is 18.0. The van der Waals surface area contributed by atoms with Gasteiger partial charge < -0.3 is 15.4 Å². The minimum Gasteiger partial charge on any atom is -0.486 e. The summed E-state index contributed by atoms with van der Waals surface area (Å²) in [5.74, 6) is 1.32. The number of ether oxygens (including phenoxy) is 1. The second-order valence-corrected chi connectivity index (χ2v) is 7.55. The molecule has 0 bridgehead atoms. The molecule has 1 unspecified atom stereocenters. The van der Waals surface area contributed by atoms with Crippen LogP contribution in [0.25, 0.3) is 0 Å². The molecule has 5 nitrogen and oxygen atoms in total. The number of aromatic nitrogens is 1. The first kappa shape index (κ1) is 24.0. The zero-order valence-electron chi connectivity index (χ0n) is 14.8. The number of thiazole rings is 1. The first-order chi connectivity index (χ1) is 12.2. The summed E-state index contributed by atoms with van der Waals surface area (Å²) >= 11 is 7.36. The summed E-state index contributed by atoms with van der Waals surface area (Å²) in [6, 6.07) is 7.22. The molecule has 0 spiro atoms. The fraction of sp³-hybridized carbons (Fsp3) is 0.444. The molecule has 150 valence electrons. The molecule has 0 saturated carbocycles. The van der Waals surface area contributed by atoms with Crippen molar-refractivity contribution in [3.63, 3.8) is 0 Å². The van der Waals surface area contributed by atoms with E-state index in [-0.39, 0.29) is 30.7 Å². The molecule has 0 radical (unpaired) electrons. The second-order valence-electron chi connectivity index (χ2n) is 6.17. The van der Waals surface area contributed by atoms with Crippen molar-refractivity contribution in [2.75, 3.05) is 19.6 Å². The van der Waals surface area contributed by atoms with Crippen LogP contribution in [0.3, 0.4) is 0 Å². The number of rotatable bonds is 7. The van der Waals surface area contributed by atoms with Crippen molar-refractivity contribution in [1.82, 2.24) is 15.6 Å². The van der Waals surface area contributed by atoms with Gasteiger partial charge in [0.15, 0.2) is 0 Å². The number of nitrogens with zero attached hydrogens (tertiary/aromatic N) is 1. The van der Waals surface area contributed by atoms with Gasteiger partial charge in [0.2, 0.25) is 5.91 Å². The normalized spacial score (nSPS) is 16.0. The Morgan fingerprint density at radius 1 is 1.33 bits per heavy atom. The van der Waals surface area contributed by atoms with E-state index in [0.29, 0.717) is 24.0 Å². The zero-order chi connectivity index (χ0) is 17.5. The first-order valence-electron chi connectivity index (χ1n) is 8.48. The van der Waals surface area contributed by atoms with Crippen LogP contribution in [0.1, 0.15) is 23.5 Å². The van der Waals surface area contributed by atoms with Crippen LogP contribution in [-0.2, 0) is 17.8 Å². The highest BCUT2D eigenvalue weighted by Gasteiger charge is 2.14. The monoisotopic (exact) mass is 451 g/mol. The third-order valence-corrected chi connectivity index (χ3v) is 5.23. The maximum absolute atomic E-state index is 12.1. The lowest BCUT2D eigenvalue weighted by atomic mass is 10.00. The van der Waals surface area contributed by atoms with Crippen molar-refractivity contribution in [2.24, 2.45) is 5.92 Å². The molecular formula is C18H24Cl3N3O2S. The van der Waals surface area contributed by atoms with E-state index < -0.39 is 0 Å². The second kappa shape index (κ2) is 12.4. The average Bonchev–Trinajstić information content (AvgIpc) is 3.08. The van der Waals surface area contributed by atoms with Gasteiger partial charge in [-0.05, 0) is 56.1 Å². The first-order valence-corrected chi connectivity index (χ1v) is 9.74. The van der Waals surface area contributed by atoms with E-state index >= 15 is 0 Å². The predicted molar refractivity (Wildman–Crippen MR) is 115 cm³/mol. The van der Waals surface area contributed by atoms with E-state index in [4.69, 9.17) is 16.3 Å². The number of piperidine rings is 1. The molecule has 1 amide bonds. The summed E-state index contributed by atoms with van der Waals surface area (Å²) in [6.45, 7) is 3.21. The number of halogens is 3. The topological polar surface area (TPSA) is 63.2 Å². The molecule has 1 saturated heterocycles. The minimum atomic E-state index is 0. The van der Waals surface area contributed by atoms with Gasteiger partial charge in [-0.3, -0.25) is 4.79 Å². The molecule has 1 atom stereocenters. The summed E-state index contributed by atoms with van der Waals surface area (Å²) in [6.07, 6.45) is 2.68. The summed E-state index contributed by atoms with van der Waals surface area (Å²) < 4.78 is 5.67. The van der Waals surface area contributed by atoms with E-state index in [1.54, 1.807) is 12.1 Å². The molecule has 3 rings (SSSR count). The Labute approximate surface area is 181 Å². The van der Waals surface area contributed by atoms with Crippen LogP contribution in [0.4, 0.5) is 0 Å². The van der Waals surface area contributed by atoms with Gasteiger partial charge in [-0.25, -0.2) is 4.98 Å². The lowest BCUT2D eigenvalue weighted by Gasteiger charge is -2.22. The molecule has 1 aliphatic rings. The number of nitrogens with one attached hydrogen (secondary N) is 2. The van der Waals surface area contributed by atoms with Crippen LogP contribution in [0, 0.1) is 5.92 Å². The van der Waals surface area contributed by atoms with E-state index in [0.717, 1.165) is 36.1 Å². The summed E-state index contributed by atoms with van der Waals surface area (Å²) in [7, 11) is 0. The fourth-order valence-electron chi connectivity index (χ4n) is 2.76. The summed E-state index contributed by atoms with van der Waals surface area (Å²) in [5.41, 5.74) is 0.791. The van der Waals surface area contributed by atoms with Gasteiger partial charge in [-0.15, -0.1) is 36.2 Å². The number of hydrogen-bond donors (Lipinski definition) is 2. The standard InChI is InChI=1S/C18H22ClN3O2S.2ClH/c19-14-3-5-16(6-4-14)24-11-18-22-15(12-25-18)8-17(23)21-10-13-2-1-7-20-9-13;;/h3-6,12-13,20H,1-2,7-11H2,(H,21,23);2*1H. The Balaban J connectivity index is 0.00000182. The van der Waals surface area contributed by atoms with Crippen molar-refractivity contribution in [2.45, 2.75) is 25.9 Å². The van der Waals surface area contributed by atoms with Gasteiger partial charge in [-0.1, -0.05) is 11.6 Å². The van der Waals surface area contributed by atoms with Gasteiger partial charge in [-0.2, -0.15) is 0 Å². The Kier molecular flexibility index (Phi) is 11.0. The van der Waals surface area contributed by atoms with E-state index in [1.165, 1.54) is 24.2 Å². The Morgan fingerprint density at radius 2 is 2.11 bits per heavy atom. The third-order valence-electron chi connectivity index (χ3n) is 4.10. The summed E-state index contributed by atoms with van der Waals surface area (Å²) in [4.78, 5) is 16.5. The molecule has 2 heterocycles. The maximum Gasteiger partial charge on any atom is 0.226 e. The molecular weight excluding hydrogens is 429 g/mol. The van der Waals surface area contributed by atoms with Gasteiger partial charge in [0.1, 0.15) is 17.4 Å². The van der Waals surface area contributed by atoms with Gasteiger partial charge in [0.05, 0.1) is 12.1 Å². The molecule has 1 fully saturated rings. The predicted octanol–water partition coefficient (Wildman–Crippen LogP) is 3.88. The van der Waals surface area contributed by atoms with Crippen LogP contribution >= 0.6 is 47.8 Å². The number of hydrogen-bond acceptors (Lipinski definition) is 5. The number of carbonyl (C=O) groups is 1. The Morgan fingerprint density at radius 3 is 2.81 bits per heavy atom. The van der Waals surface area contributed by atoms with Crippen molar-refractivity contribution in [3.05, 3.63) is 45.4 Å². The molecule has 2 aromatic rings. The third kappa shape index (κ3) is 8.23. The van der Waals surface area contributed by atoms with Crippen molar-refractivity contribution < 1.29 is 9.53 Å². The van der Waals surface area contributed by atoms with Crippen LogP contribution in [0.15, 0.2) is 29.6 Å². The maximum atomic E-state index is 12.1. The van der Waals surface area contributed by atoms with Crippen molar-refractivity contribution >= 4 is 53.7 Å². The van der Waals surface area contributed by atoms with E-state index in [2.05, 4.69) is 15.6 Å². The Hall–Kier alpha value is -1.05. The largest absolute Gasteiger partial charge is 0.486 e. The molecule has 0 aliphatic carbocycles. The number of amides is 1. The van der Waals surface area contributed by atoms with Crippen LogP contribution in [0.5, 0.6) is 5.75 Å². The minimum absolute atomic E-state index is 0. The van der Waals surface area contributed by atoms with E-state index in [9.17, 15) is 4.79 Å². The van der Waals surface area contributed by atoms with Crippen molar-refractivity contribution in [3.8, 4) is 5.75 Å². The fourth-order valence-corrected chi connectivity index (χ4v) is 3.59. The number of benzene rings is 1. The highest BCUT2D eigenvalue weighted by atomic mass is 35.5. The molecule has 2 N–H and O–H groups in total. The van der Waals surface area contributed by atoms with Gasteiger partial charge >= 0.3 is 0 Å². The lowest BCUT2D eigenvalue weighted by molar-refractivity contribution is -0.120. The average molecular weight is 453 g/mol. The van der Waals surface area contributed by atoms with Crippen molar-refractivity contribution in [1.29, 1.82) is 0 Å². The van der Waals surface area contributed by atoms with Crippen LogP contribution < -0.4 is 15.4 Å². The quantitative estimate of drug-likeness (QED) is 0.669. The Bertz CT molecular complexity index is 691. The smallest absolute Gasteiger partial charge is 0.226 e. The van der Waals surface area contributed by atoms with Crippen LogP contribution in [0.2, 0.25) is 5.02 Å². The lowest BCUT2D eigenvalue weighted by Crippen LogP contribution is -2.38. The van der Waals surface area contributed by atoms with E-state index in [1.807, 2.05) is 17.5 Å². The SMILES string of the molecule is Cl.Cl.O=C(Cc1csc(COc2ccc(Cl)cc2)n1)NCC1CCCNC1. The molecule has 1 aliphatic heterocycles. The molecule has 1 aromatic heterocycles. The molecule has 1 aromatic carbocycles.